The number of benzene rings is 1. The van der Waals surface area contributed by atoms with Crippen LogP contribution < -0.4 is 0 Å². The first-order valence-electron chi connectivity index (χ1n) is 3.05. The summed E-state index contributed by atoms with van der Waals surface area (Å²) >= 11 is 5.62. The zero-order valence-corrected chi connectivity index (χ0v) is 9.39. The molecule has 56 valence electrons. The van der Waals surface area contributed by atoms with Crippen LogP contribution in [0.25, 0.3) is 0 Å². The second-order valence-corrected chi connectivity index (χ2v) is 4.10. The van der Waals surface area contributed by atoms with E-state index in [0.29, 0.717) is 6.42 Å². The maximum Gasteiger partial charge on any atom is 0.0669 e. The summed E-state index contributed by atoms with van der Waals surface area (Å²) in [6.07, 6.45) is 0.489. The van der Waals surface area contributed by atoms with Gasteiger partial charge in [0, 0.05) is 8.04 Å². The maximum atomic E-state index is 8.42. The number of rotatable bonds is 1. The average molecular weight is 322 g/mol. The van der Waals surface area contributed by atoms with Crippen LogP contribution in [0.15, 0.2) is 22.7 Å². The van der Waals surface area contributed by atoms with Gasteiger partial charge in [-0.05, 0) is 56.2 Å². The molecule has 1 aromatic carbocycles. The first kappa shape index (κ1) is 9.01. The predicted octanol–water partition coefficient (Wildman–Crippen LogP) is 3.12. The Morgan fingerprint density at radius 3 is 2.82 bits per heavy atom. The van der Waals surface area contributed by atoms with Crippen LogP contribution in [0.5, 0.6) is 0 Å². The summed E-state index contributed by atoms with van der Waals surface area (Å²) in [5, 5.41) is 8.42. The highest BCUT2D eigenvalue weighted by Gasteiger charge is 1.96. The van der Waals surface area contributed by atoms with Crippen LogP contribution in [-0.4, -0.2) is 0 Å². The van der Waals surface area contributed by atoms with E-state index in [2.05, 4.69) is 44.6 Å². The molecule has 0 saturated heterocycles. The van der Waals surface area contributed by atoms with Crippen LogP contribution in [0.2, 0.25) is 0 Å². The highest BCUT2D eigenvalue weighted by molar-refractivity contribution is 14.1. The minimum absolute atomic E-state index is 0.489. The lowest BCUT2D eigenvalue weighted by Crippen LogP contribution is -1.82. The van der Waals surface area contributed by atoms with Gasteiger partial charge in [0.25, 0.3) is 0 Å². The molecular weight excluding hydrogens is 317 g/mol. The van der Waals surface area contributed by atoms with Crippen molar-refractivity contribution in [3.05, 3.63) is 31.8 Å². The van der Waals surface area contributed by atoms with Crippen LogP contribution in [0.3, 0.4) is 0 Å². The van der Waals surface area contributed by atoms with Crippen molar-refractivity contribution >= 4 is 38.5 Å². The third kappa shape index (κ3) is 2.46. The maximum absolute atomic E-state index is 8.42. The van der Waals surface area contributed by atoms with Crippen LogP contribution in [0.4, 0.5) is 0 Å². The summed E-state index contributed by atoms with van der Waals surface area (Å²) in [5.74, 6) is 0. The monoisotopic (exact) mass is 321 g/mol. The molecule has 0 bridgehead atoms. The first-order valence-corrected chi connectivity index (χ1v) is 4.92. The molecule has 0 unspecified atom stereocenters. The molecule has 0 aliphatic heterocycles. The fraction of sp³-hybridized carbons (Fsp3) is 0.125. The minimum Gasteiger partial charge on any atom is -0.198 e. The molecule has 0 aromatic heterocycles. The number of nitrogens with zero attached hydrogens (tertiary/aromatic N) is 1. The van der Waals surface area contributed by atoms with E-state index in [1.54, 1.807) is 0 Å². The Hall–Kier alpha value is -0.0800. The van der Waals surface area contributed by atoms with Gasteiger partial charge < -0.3 is 0 Å². The van der Waals surface area contributed by atoms with E-state index >= 15 is 0 Å². The molecular formula is C8H5BrIN. The molecule has 0 radical (unpaired) electrons. The minimum atomic E-state index is 0.489. The van der Waals surface area contributed by atoms with Crippen molar-refractivity contribution < 1.29 is 0 Å². The average Bonchev–Trinajstić information content (AvgIpc) is 1.98. The Labute approximate surface area is 87.7 Å². The Morgan fingerprint density at radius 2 is 2.27 bits per heavy atom. The topological polar surface area (TPSA) is 23.8 Å². The van der Waals surface area contributed by atoms with Crippen molar-refractivity contribution in [1.82, 2.24) is 0 Å². The molecule has 0 aliphatic carbocycles. The number of nitriles is 1. The van der Waals surface area contributed by atoms with Crippen LogP contribution in [-0.2, 0) is 6.42 Å². The highest BCUT2D eigenvalue weighted by atomic mass is 127. The molecule has 0 aliphatic rings. The van der Waals surface area contributed by atoms with Crippen LogP contribution >= 0.6 is 38.5 Å². The van der Waals surface area contributed by atoms with Gasteiger partial charge in [0.1, 0.15) is 0 Å². The van der Waals surface area contributed by atoms with Gasteiger partial charge in [-0.3, -0.25) is 0 Å². The molecule has 0 spiro atoms. The predicted molar refractivity (Wildman–Crippen MR) is 56.2 cm³/mol. The Morgan fingerprint density at radius 1 is 1.55 bits per heavy atom. The summed E-state index contributed by atoms with van der Waals surface area (Å²) in [5.41, 5.74) is 1.07. The largest absolute Gasteiger partial charge is 0.198 e. The van der Waals surface area contributed by atoms with Gasteiger partial charge in [-0.25, -0.2) is 0 Å². The van der Waals surface area contributed by atoms with Crippen molar-refractivity contribution in [1.29, 1.82) is 5.26 Å². The zero-order valence-electron chi connectivity index (χ0n) is 5.64. The number of hydrogen-bond donors (Lipinski definition) is 0. The quantitative estimate of drug-likeness (QED) is 0.729. The van der Waals surface area contributed by atoms with Gasteiger partial charge in [0.15, 0.2) is 0 Å². The standard InChI is InChI=1S/C8H5BrIN/c9-7-2-1-6(3-4-11)5-8(7)10/h1-2,5H,3H2. The van der Waals surface area contributed by atoms with Crippen molar-refractivity contribution in [2.75, 3.05) is 0 Å². The van der Waals surface area contributed by atoms with Crippen molar-refractivity contribution in [2.45, 2.75) is 6.42 Å². The van der Waals surface area contributed by atoms with E-state index in [4.69, 9.17) is 5.26 Å². The van der Waals surface area contributed by atoms with Gasteiger partial charge in [-0.2, -0.15) is 5.26 Å². The summed E-state index contributed by atoms with van der Waals surface area (Å²) in [6, 6.07) is 8.04. The molecule has 0 saturated carbocycles. The molecule has 0 atom stereocenters. The van der Waals surface area contributed by atoms with E-state index in [1.165, 1.54) is 0 Å². The smallest absolute Gasteiger partial charge is 0.0669 e. The number of hydrogen-bond acceptors (Lipinski definition) is 1. The van der Waals surface area contributed by atoms with Crippen LogP contribution in [0, 0.1) is 14.9 Å². The molecule has 1 aromatic rings. The van der Waals surface area contributed by atoms with Gasteiger partial charge in [0.05, 0.1) is 12.5 Å². The molecule has 1 rings (SSSR count). The van der Waals surface area contributed by atoms with Gasteiger partial charge in [-0.1, -0.05) is 6.07 Å². The number of halogens is 2. The third-order valence-electron chi connectivity index (χ3n) is 1.27. The SMILES string of the molecule is N#CCc1ccc(Br)c(I)c1. The van der Waals surface area contributed by atoms with Gasteiger partial charge in [-0.15, -0.1) is 0 Å². The van der Waals surface area contributed by atoms with E-state index in [-0.39, 0.29) is 0 Å². The lowest BCUT2D eigenvalue weighted by Gasteiger charge is -1.97. The molecule has 0 N–H and O–H groups in total. The van der Waals surface area contributed by atoms with Crippen molar-refractivity contribution in [3.8, 4) is 6.07 Å². The lowest BCUT2D eigenvalue weighted by atomic mass is 10.2. The summed E-state index contributed by atoms with van der Waals surface area (Å²) < 4.78 is 2.23. The van der Waals surface area contributed by atoms with Gasteiger partial charge in [0.2, 0.25) is 0 Å². The molecule has 0 amide bonds. The normalized spacial score (nSPS) is 9.18. The Kier molecular flexibility index (Phi) is 3.34. The van der Waals surface area contributed by atoms with E-state index < -0.39 is 0 Å². The first-order chi connectivity index (χ1) is 5.24. The fourth-order valence-corrected chi connectivity index (χ4v) is 1.57. The third-order valence-corrected chi connectivity index (χ3v) is 3.59. The lowest BCUT2D eigenvalue weighted by molar-refractivity contribution is 1.25. The molecule has 0 heterocycles. The highest BCUT2D eigenvalue weighted by Crippen LogP contribution is 2.19. The van der Waals surface area contributed by atoms with E-state index in [0.717, 1.165) is 13.6 Å². The van der Waals surface area contributed by atoms with E-state index in [1.807, 2.05) is 18.2 Å². The fourth-order valence-electron chi connectivity index (χ4n) is 0.741. The van der Waals surface area contributed by atoms with Crippen molar-refractivity contribution in [3.63, 3.8) is 0 Å². The summed E-state index contributed by atoms with van der Waals surface area (Å²) in [6.45, 7) is 0. The summed E-state index contributed by atoms with van der Waals surface area (Å²) in [7, 11) is 0. The molecule has 1 nitrogen and oxygen atoms in total. The second kappa shape index (κ2) is 4.07. The molecule has 11 heavy (non-hydrogen) atoms. The molecule has 3 heteroatoms. The Balaban J connectivity index is 2.98. The molecule has 0 fully saturated rings. The summed E-state index contributed by atoms with van der Waals surface area (Å²) in [4.78, 5) is 0. The zero-order chi connectivity index (χ0) is 8.27. The Bertz CT molecular complexity index is 303. The van der Waals surface area contributed by atoms with Crippen molar-refractivity contribution in [2.24, 2.45) is 0 Å². The van der Waals surface area contributed by atoms with Gasteiger partial charge >= 0.3 is 0 Å². The van der Waals surface area contributed by atoms with Crippen LogP contribution in [0.1, 0.15) is 5.56 Å². The van der Waals surface area contributed by atoms with E-state index in [9.17, 15) is 0 Å². The second-order valence-electron chi connectivity index (χ2n) is 2.08.